The number of halogens is 2. The van der Waals surface area contributed by atoms with E-state index in [4.69, 9.17) is 9.47 Å². The predicted molar refractivity (Wildman–Crippen MR) is 96.6 cm³/mol. The van der Waals surface area contributed by atoms with Gasteiger partial charge in [-0.25, -0.2) is 0 Å². The van der Waals surface area contributed by atoms with Gasteiger partial charge in [0.05, 0.1) is 4.47 Å². The summed E-state index contributed by atoms with van der Waals surface area (Å²) in [6.07, 6.45) is 2.66. The molecule has 7 heteroatoms. The summed E-state index contributed by atoms with van der Waals surface area (Å²) in [6, 6.07) is 4.03. The molecule has 0 atom stereocenters. The van der Waals surface area contributed by atoms with Crippen molar-refractivity contribution in [1.29, 1.82) is 0 Å². The molecular formula is C14H19BrIN3O2. The Balaban J connectivity index is 0.00000161. The molecule has 0 amide bonds. The number of nitrogens with zero attached hydrogens (tertiary/aromatic N) is 1. The van der Waals surface area contributed by atoms with Gasteiger partial charge < -0.3 is 20.1 Å². The SMILES string of the molecule is CN=C(NCc1cc(Br)c2c(c1)OCO2)NCC1CC1.I. The number of rotatable bonds is 4. The summed E-state index contributed by atoms with van der Waals surface area (Å²) < 4.78 is 11.7. The third-order valence-electron chi connectivity index (χ3n) is 3.43. The van der Waals surface area contributed by atoms with Crippen molar-refractivity contribution >= 4 is 45.9 Å². The van der Waals surface area contributed by atoms with Crippen molar-refractivity contribution in [3.63, 3.8) is 0 Å². The summed E-state index contributed by atoms with van der Waals surface area (Å²) in [4.78, 5) is 4.22. The van der Waals surface area contributed by atoms with Crippen LogP contribution in [0.3, 0.4) is 0 Å². The Morgan fingerprint density at radius 3 is 2.86 bits per heavy atom. The molecule has 0 spiro atoms. The lowest BCUT2D eigenvalue weighted by atomic mass is 10.2. The van der Waals surface area contributed by atoms with Crippen LogP contribution in [0.2, 0.25) is 0 Å². The first-order valence-corrected chi connectivity index (χ1v) is 7.58. The molecule has 1 aliphatic carbocycles. The number of hydrogen-bond donors (Lipinski definition) is 2. The number of fused-ring (bicyclic) bond motifs is 1. The first kappa shape index (κ1) is 16.7. The number of ether oxygens (including phenoxy) is 2. The standard InChI is InChI=1S/C14H18BrN3O2.HI/c1-16-14(17-6-9-2-3-9)18-7-10-4-11(15)13-12(5-10)19-8-20-13;/h4-5,9H,2-3,6-8H2,1H3,(H2,16,17,18);1H. The Labute approximate surface area is 150 Å². The van der Waals surface area contributed by atoms with Crippen LogP contribution >= 0.6 is 39.9 Å². The summed E-state index contributed by atoms with van der Waals surface area (Å²) in [5, 5.41) is 6.65. The summed E-state index contributed by atoms with van der Waals surface area (Å²) in [6.45, 7) is 1.99. The quantitative estimate of drug-likeness (QED) is 0.406. The summed E-state index contributed by atoms with van der Waals surface area (Å²) in [5.41, 5.74) is 1.12. The van der Waals surface area contributed by atoms with Crippen LogP contribution in [0.1, 0.15) is 18.4 Å². The van der Waals surface area contributed by atoms with Gasteiger partial charge in [0, 0.05) is 20.1 Å². The molecular weight excluding hydrogens is 449 g/mol. The Morgan fingerprint density at radius 2 is 2.14 bits per heavy atom. The first-order chi connectivity index (χ1) is 9.76. The minimum atomic E-state index is 0. The van der Waals surface area contributed by atoms with E-state index in [1.807, 2.05) is 12.1 Å². The lowest BCUT2D eigenvalue weighted by molar-refractivity contribution is 0.173. The molecule has 116 valence electrons. The van der Waals surface area contributed by atoms with Crippen LogP contribution < -0.4 is 20.1 Å². The topological polar surface area (TPSA) is 54.9 Å². The third kappa shape index (κ3) is 4.38. The normalized spacial score (nSPS) is 16.4. The van der Waals surface area contributed by atoms with Gasteiger partial charge in [-0.3, -0.25) is 4.99 Å². The Bertz CT molecular complexity index is 535. The minimum absolute atomic E-state index is 0. The fourth-order valence-electron chi connectivity index (χ4n) is 2.09. The van der Waals surface area contributed by atoms with Crippen molar-refractivity contribution in [3.05, 3.63) is 22.2 Å². The fourth-order valence-corrected chi connectivity index (χ4v) is 2.70. The van der Waals surface area contributed by atoms with Crippen LogP contribution in [-0.4, -0.2) is 26.3 Å². The molecule has 3 rings (SSSR count). The molecule has 2 aliphatic rings. The van der Waals surface area contributed by atoms with Gasteiger partial charge in [0.1, 0.15) is 0 Å². The number of guanidine groups is 1. The second kappa shape index (κ2) is 7.53. The highest BCUT2D eigenvalue weighted by Gasteiger charge is 2.21. The van der Waals surface area contributed by atoms with Crippen LogP contribution in [0, 0.1) is 5.92 Å². The lowest BCUT2D eigenvalue weighted by Gasteiger charge is -2.12. The molecule has 0 aromatic heterocycles. The Hall–Kier alpha value is -0.700. The van der Waals surface area contributed by atoms with E-state index in [9.17, 15) is 0 Å². The van der Waals surface area contributed by atoms with E-state index in [0.717, 1.165) is 40.0 Å². The van der Waals surface area contributed by atoms with Crippen LogP contribution in [0.5, 0.6) is 11.5 Å². The second-order valence-electron chi connectivity index (χ2n) is 5.06. The van der Waals surface area contributed by atoms with Gasteiger partial charge in [0.2, 0.25) is 6.79 Å². The van der Waals surface area contributed by atoms with Gasteiger partial charge in [0.15, 0.2) is 17.5 Å². The molecule has 0 radical (unpaired) electrons. The molecule has 0 unspecified atom stereocenters. The van der Waals surface area contributed by atoms with Crippen LogP contribution in [0.15, 0.2) is 21.6 Å². The molecule has 0 saturated heterocycles. The molecule has 2 N–H and O–H groups in total. The van der Waals surface area contributed by atoms with Crippen molar-refractivity contribution in [1.82, 2.24) is 10.6 Å². The van der Waals surface area contributed by atoms with Crippen LogP contribution in [0.4, 0.5) is 0 Å². The first-order valence-electron chi connectivity index (χ1n) is 6.79. The smallest absolute Gasteiger partial charge is 0.231 e. The van der Waals surface area contributed by atoms with Gasteiger partial charge in [-0.05, 0) is 52.4 Å². The Morgan fingerprint density at radius 1 is 1.33 bits per heavy atom. The van der Waals surface area contributed by atoms with E-state index < -0.39 is 0 Å². The minimum Gasteiger partial charge on any atom is -0.454 e. The largest absolute Gasteiger partial charge is 0.454 e. The molecule has 0 bridgehead atoms. The van der Waals surface area contributed by atoms with Crippen molar-refractivity contribution in [2.75, 3.05) is 20.4 Å². The van der Waals surface area contributed by atoms with Crippen molar-refractivity contribution < 1.29 is 9.47 Å². The van der Waals surface area contributed by atoms with E-state index in [1.165, 1.54) is 12.8 Å². The monoisotopic (exact) mass is 467 g/mol. The van der Waals surface area contributed by atoms with E-state index in [0.29, 0.717) is 6.54 Å². The molecule has 21 heavy (non-hydrogen) atoms. The van der Waals surface area contributed by atoms with Gasteiger partial charge >= 0.3 is 0 Å². The highest BCUT2D eigenvalue weighted by molar-refractivity contribution is 14.0. The zero-order valence-corrected chi connectivity index (χ0v) is 15.7. The average molecular weight is 468 g/mol. The number of benzene rings is 1. The number of aliphatic imine (C=N–C) groups is 1. The second-order valence-corrected chi connectivity index (χ2v) is 5.92. The molecule has 1 saturated carbocycles. The van der Waals surface area contributed by atoms with Crippen LogP contribution in [0.25, 0.3) is 0 Å². The third-order valence-corrected chi connectivity index (χ3v) is 4.01. The maximum absolute atomic E-state index is 5.41. The number of nitrogens with one attached hydrogen (secondary N) is 2. The van der Waals surface area contributed by atoms with Crippen LogP contribution in [-0.2, 0) is 6.54 Å². The zero-order chi connectivity index (χ0) is 13.9. The molecule has 1 fully saturated rings. The zero-order valence-electron chi connectivity index (χ0n) is 11.8. The van der Waals surface area contributed by atoms with E-state index in [1.54, 1.807) is 7.05 Å². The van der Waals surface area contributed by atoms with Gasteiger partial charge in [-0.1, -0.05) is 0 Å². The van der Waals surface area contributed by atoms with Gasteiger partial charge in [-0.15, -0.1) is 24.0 Å². The van der Waals surface area contributed by atoms with Crippen molar-refractivity contribution in [2.24, 2.45) is 10.9 Å². The highest BCUT2D eigenvalue weighted by atomic mass is 127. The van der Waals surface area contributed by atoms with Crippen molar-refractivity contribution in [3.8, 4) is 11.5 Å². The van der Waals surface area contributed by atoms with E-state index in [2.05, 4.69) is 31.6 Å². The predicted octanol–water partition coefficient (Wildman–Crippen LogP) is 2.87. The fraction of sp³-hybridized carbons (Fsp3) is 0.500. The summed E-state index contributed by atoms with van der Waals surface area (Å²) in [5.74, 6) is 3.24. The molecule has 1 aromatic carbocycles. The maximum atomic E-state index is 5.41. The average Bonchev–Trinajstić information content (AvgIpc) is 3.15. The van der Waals surface area contributed by atoms with E-state index in [-0.39, 0.29) is 30.8 Å². The highest BCUT2D eigenvalue weighted by Crippen LogP contribution is 2.39. The van der Waals surface area contributed by atoms with Crippen molar-refractivity contribution in [2.45, 2.75) is 19.4 Å². The Kier molecular flexibility index (Phi) is 5.98. The van der Waals surface area contributed by atoms with E-state index >= 15 is 0 Å². The maximum Gasteiger partial charge on any atom is 0.231 e. The lowest BCUT2D eigenvalue weighted by Crippen LogP contribution is -2.37. The summed E-state index contributed by atoms with van der Waals surface area (Å²) >= 11 is 3.50. The molecule has 1 aromatic rings. The summed E-state index contributed by atoms with van der Waals surface area (Å²) in [7, 11) is 1.79. The van der Waals surface area contributed by atoms with Gasteiger partial charge in [-0.2, -0.15) is 0 Å². The molecule has 1 heterocycles. The number of hydrogen-bond acceptors (Lipinski definition) is 3. The molecule has 5 nitrogen and oxygen atoms in total. The molecule has 1 aliphatic heterocycles. The van der Waals surface area contributed by atoms with Gasteiger partial charge in [0.25, 0.3) is 0 Å².